The first-order valence-electron chi connectivity index (χ1n) is 14.9. The Labute approximate surface area is 196 Å². The molecule has 180 valence electrons. The minimum absolute atomic E-state index is 0.855. The summed E-state index contributed by atoms with van der Waals surface area (Å²) in [5, 5.41) is 0. The Balaban J connectivity index is 1.47. The zero-order chi connectivity index (χ0) is 22.1. The SMILES string of the molecule is CC[C@@H]1CC[C@@H]2CC[C@H]([C@@H](C)[C@H](C)[C@@H](C(C)C)[C@H]3CCC[C@H]4CCCC[C@H]43)[C@H](C)[C@@H]2C1. The van der Waals surface area contributed by atoms with Gasteiger partial charge in [-0.2, -0.15) is 0 Å². The molecule has 0 spiro atoms. The van der Waals surface area contributed by atoms with Gasteiger partial charge in [-0.3, -0.25) is 0 Å². The molecule has 0 aromatic heterocycles. The van der Waals surface area contributed by atoms with Gasteiger partial charge in [0.1, 0.15) is 0 Å². The molecule has 0 nitrogen and oxygen atoms in total. The van der Waals surface area contributed by atoms with Crippen LogP contribution >= 0.6 is 0 Å². The van der Waals surface area contributed by atoms with Crippen LogP contribution in [0.1, 0.15) is 125 Å². The first kappa shape index (κ1) is 24.1. The minimum Gasteiger partial charge on any atom is -0.0651 e. The molecule has 0 unspecified atom stereocenters. The van der Waals surface area contributed by atoms with Gasteiger partial charge in [-0.1, -0.05) is 86.5 Å². The Morgan fingerprint density at radius 1 is 0.677 bits per heavy atom. The van der Waals surface area contributed by atoms with Gasteiger partial charge in [0.2, 0.25) is 0 Å². The molecule has 0 N–H and O–H groups in total. The van der Waals surface area contributed by atoms with E-state index in [0.29, 0.717) is 0 Å². The van der Waals surface area contributed by atoms with E-state index in [1.54, 1.807) is 44.9 Å². The highest BCUT2D eigenvalue weighted by molar-refractivity contribution is 4.96. The van der Waals surface area contributed by atoms with Gasteiger partial charge in [-0.25, -0.2) is 0 Å². The molecule has 11 atom stereocenters. The fraction of sp³-hybridized carbons (Fsp3) is 1.00. The summed E-state index contributed by atoms with van der Waals surface area (Å²) >= 11 is 0. The molecule has 4 aliphatic carbocycles. The fourth-order valence-electron chi connectivity index (χ4n) is 10.2. The molecule has 0 aromatic rings. The van der Waals surface area contributed by atoms with Crippen LogP contribution in [0.2, 0.25) is 0 Å². The number of hydrogen-bond acceptors (Lipinski definition) is 0. The van der Waals surface area contributed by atoms with E-state index in [2.05, 4.69) is 41.5 Å². The summed E-state index contributed by atoms with van der Waals surface area (Å²) in [6, 6.07) is 0. The van der Waals surface area contributed by atoms with E-state index in [9.17, 15) is 0 Å². The lowest BCUT2D eigenvalue weighted by atomic mass is 9.53. The van der Waals surface area contributed by atoms with Gasteiger partial charge >= 0.3 is 0 Å². The second-order valence-electron chi connectivity index (χ2n) is 13.5. The second-order valence-corrected chi connectivity index (χ2v) is 13.5. The third-order valence-electron chi connectivity index (χ3n) is 12.0. The fourth-order valence-corrected chi connectivity index (χ4v) is 10.2. The molecule has 0 heterocycles. The molecular formula is C31H56. The molecule has 31 heavy (non-hydrogen) atoms. The molecule has 4 saturated carbocycles. The van der Waals surface area contributed by atoms with Crippen molar-refractivity contribution in [2.24, 2.45) is 71.0 Å². The lowest BCUT2D eigenvalue weighted by Crippen LogP contribution is -2.44. The van der Waals surface area contributed by atoms with Crippen LogP contribution < -0.4 is 0 Å². The highest BCUT2D eigenvalue weighted by Gasteiger charge is 2.46. The van der Waals surface area contributed by atoms with E-state index in [0.717, 1.165) is 71.0 Å². The van der Waals surface area contributed by atoms with Crippen molar-refractivity contribution < 1.29 is 0 Å². The van der Waals surface area contributed by atoms with E-state index in [4.69, 9.17) is 0 Å². The minimum atomic E-state index is 0.855. The average molecular weight is 429 g/mol. The molecule has 0 heteroatoms. The predicted octanol–water partition coefficient (Wildman–Crippen LogP) is 9.63. The smallest absolute Gasteiger partial charge is 0.0331 e. The molecule has 0 amide bonds. The lowest BCUT2D eigenvalue weighted by Gasteiger charge is -2.52. The summed E-state index contributed by atoms with van der Waals surface area (Å²) in [5.74, 6) is 11.9. The normalized spacial score (nSPS) is 44.2. The van der Waals surface area contributed by atoms with Gasteiger partial charge in [0, 0.05) is 0 Å². The molecule has 0 radical (unpaired) electrons. The van der Waals surface area contributed by atoms with Crippen LogP contribution in [0.4, 0.5) is 0 Å². The predicted molar refractivity (Wildman–Crippen MR) is 136 cm³/mol. The van der Waals surface area contributed by atoms with Crippen molar-refractivity contribution in [3.8, 4) is 0 Å². The first-order valence-corrected chi connectivity index (χ1v) is 14.9. The van der Waals surface area contributed by atoms with E-state index < -0.39 is 0 Å². The van der Waals surface area contributed by atoms with Crippen LogP contribution in [-0.2, 0) is 0 Å². The molecule has 4 rings (SSSR count). The van der Waals surface area contributed by atoms with Crippen LogP contribution in [0.3, 0.4) is 0 Å². The summed E-state index contributed by atoms with van der Waals surface area (Å²) in [7, 11) is 0. The van der Waals surface area contributed by atoms with Gasteiger partial charge in [-0.15, -0.1) is 0 Å². The Bertz CT molecular complexity index is 546. The Hall–Kier alpha value is 0. The summed E-state index contributed by atoms with van der Waals surface area (Å²) < 4.78 is 0. The van der Waals surface area contributed by atoms with E-state index in [-0.39, 0.29) is 0 Å². The molecule has 4 aliphatic rings. The molecule has 0 bridgehead atoms. The van der Waals surface area contributed by atoms with Crippen LogP contribution in [0, 0.1) is 71.0 Å². The summed E-state index contributed by atoms with van der Waals surface area (Å²) in [6.45, 7) is 15.7. The third kappa shape index (κ3) is 4.94. The number of hydrogen-bond donors (Lipinski definition) is 0. The number of rotatable bonds is 6. The van der Waals surface area contributed by atoms with Crippen molar-refractivity contribution in [3.63, 3.8) is 0 Å². The maximum absolute atomic E-state index is 2.70. The van der Waals surface area contributed by atoms with Crippen molar-refractivity contribution in [1.82, 2.24) is 0 Å². The van der Waals surface area contributed by atoms with Crippen LogP contribution in [0.25, 0.3) is 0 Å². The topological polar surface area (TPSA) is 0 Å². The zero-order valence-corrected chi connectivity index (χ0v) is 22.1. The lowest BCUT2D eigenvalue weighted by molar-refractivity contribution is -0.0288. The summed E-state index contributed by atoms with van der Waals surface area (Å²) in [5.41, 5.74) is 0. The molecule has 0 aromatic carbocycles. The Morgan fingerprint density at radius 2 is 1.35 bits per heavy atom. The van der Waals surface area contributed by atoms with Crippen LogP contribution in [0.15, 0.2) is 0 Å². The van der Waals surface area contributed by atoms with Crippen molar-refractivity contribution in [1.29, 1.82) is 0 Å². The van der Waals surface area contributed by atoms with Crippen molar-refractivity contribution in [2.75, 3.05) is 0 Å². The van der Waals surface area contributed by atoms with Gasteiger partial charge in [0.05, 0.1) is 0 Å². The molecule has 0 aliphatic heterocycles. The van der Waals surface area contributed by atoms with Gasteiger partial charge < -0.3 is 0 Å². The van der Waals surface area contributed by atoms with E-state index in [1.807, 2.05) is 0 Å². The maximum atomic E-state index is 2.70. The quantitative estimate of drug-likeness (QED) is 0.395. The van der Waals surface area contributed by atoms with E-state index >= 15 is 0 Å². The zero-order valence-electron chi connectivity index (χ0n) is 22.1. The van der Waals surface area contributed by atoms with Crippen molar-refractivity contribution in [2.45, 2.75) is 125 Å². The third-order valence-corrected chi connectivity index (χ3v) is 12.0. The standard InChI is InChI=1S/C31H56/c1-7-24-15-16-26-17-18-27(23(6)30(26)19-24)21(4)22(5)31(20(2)3)29-14-10-12-25-11-8-9-13-28(25)29/h20-31H,7-19H2,1-6H3/t21-,22-,23-,24+,25+,26+,27+,28+,29-,30-,31+/m0/s1. The number of fused-ring (bicyclic) bond motifs is 2. The Morgan fingerprint density at radius 3 is 2.10 bits per heavy atom. The van der Waals surface area contributed by atoms with Crippen LogP contribution in [0.5, 0.6) is 0 Å². The average Bonchev–Trinajstić information content (AvgIpc) is 2.78. The maximum Gasteiger partial charge on any atom is -0.0331 e. The largest absolute Gasteiger partial charge is 0.0651 e. The Kier molecular flexibility index (Phi) is 8.18. The summed E-state index contributed by atoms with van der Waals surface area (Å²) in [6.07, 6.45) is 19.9. The molecule has 0 saturated heterocycles. The monoisotopic (exact) mass is 428 g/mol. The van der Waals surface area contributed by atoms with Crippen LogP contribution in [-0.4, -0.2) is 0 Å². The van der Waals surface area contributed by atoms with Gasteiger partial charge in [0.15, 0.2) is 0 Å². The molecular weight excluding hydrogens is 372 g/mol. The molecule has 4 fully saturated rings. The van der Waals surface area contributed by atoms with Crippen molar-refractivity contribution in [3.05, 3.63) is 0 Å². The van der Waals surface area contributed by atoms with Crippen molar-refractivity contribution >= 4 is 0 Å². The highest BCUT2D eigenvalue weighted by atomic mass is 14.5. The highest BCUT2D eigenvalue weighted by Crippen LogP contribution is 2.55. The van der Waals surface area contributed by atoms with E-state index in [1.165, 1.54) is 38.5 Å². The van der Waals surface area contributed by atoms with Gasteiger partial charge in [-0.05, 0) is 110 Å². The first-order chi connectivity index (χ1) is 14.9. The van der Waals surface area contributed by atoms with Gasteiger partial charge in [0.25, 0.3) is 0 Å². The summed E-state index contributed by atoms with van der Waals surface area (Å²) in [4.78, 5) is 0. The second kappa shape index (κ2) is 10.5.